The minimum absolute atomic E-state index is 0.0324. The van der Waals surface area contributed by atoms with Gasteiger partial charge in [-0.05, 0) is 84.3 Å². The molecule has 9 nitrogen and oxygen atoms in total. The Balaban J connectivity index is 1.58. The Labute approximate surface area is 290 Å². The predicted octanol–water partition coefficient (Wildman–Crippen LogP) is 6.49. The molecule has 0 aromatic heterocycles. The van der Waals surface area contributed by atoms with Crippen LogP contribution in [0.5, 0.6) is 0 Å². The second kappa shape index (κ2) is 16.9. The van der Waals surface area contributed by atoms with Gasteiger partial charge in [-0.2, -0.15) is 14.9 Å². The average Bonchev–Trinajstić information content (AvgIpc) is 3.04. The fourth-order valence-electron chi connectivity index (χ4n) is 6.03. The van der Waals surface area contributed by atoms with Gasteiger partial charge in [0, 0.05) is 43.3 Å². The Hall–Kier alpha value is -2.55. The van der Waals surface area contributed by atoms with Crippen molar-refractivity contribution in [2.75, 3.05) is 38.5 Å². The van der Waals surface area contributed by atoms with Gasteiger partial charge >= 0.3 is 0 Å². The molecule has 0 bridgehead atoms. The molecule has 0 saturated heterocycles. The summed E-state index contributed by atoms with van der Waals surface area (Å²) in [6, 6.07) is 15.4. The Bertz CT molecular complexity index is 1650. The van der Waals surface area contributed by atoms with E-state index in [0.717, 1.165) is 40.3 Å². The van der Waals surface area contributed by atoms with Gasteiger partial charge in [-0.15, -0.1) is 0 Å². The molecule has 4 N–H and O–H groups in total. The number of rotatable bonds is 16. The number of aryl methyl sites for hydroxylation is 1. The molecule has 264 valence electrons. The largest absolute Gasteiger partial charge is 0.390 e. The second-order valence-electron chi connectivity index (χ2n) is 12.3. The molecule has 1 amide bonds. The van der Waals surface area contributed by atoms with Gasteiger partial charge < -0.3 is 15.3 Å². The van der Waals surface area contributed by atoms with Crippen LogP contribution in [0.2, 0.25) is 5.02 Å². The fourth-order valence-corrected chi connectivity index (χ4v) is 9.51. The molecule has 3 aromatic rings. The highest BCUT2D eigenvalue weighted by Gasteiger charge is 2.32. The lowest BCUT2D eigenvalue weighted by Gasteiger charge is -2.42. The number of carbonyl (C=O) groups is 1. The Morgan fingerprint density at radius 1 is 1.02 bits per heavy atom. The molecule has 1 aliphatic rings. The van der Waals surface area contributed by atoms with Gasteiger partial charge in [0.25, 0.3) is 5.91 Å². The third-order valence-corrected chi connectivity index (χ3v) is 12.1. The van der Waals surface area contributed by atoms with Crippen molar-refractivity contribution in [3.8, 4) is 0 Å². The van der Waals surface area contributed by atoms with E-state index in [0.29, 0.717) is 18.7 Å². The van der Waals surface area contributed by atoms with E-state index in [1.165, 1.54) is 30.3 Å². The molecule has 13 heteroatoms. The van der Waals surface area contributed by atoms with Crippen molar-refractivity contribution in [3.63, 3.8) is 0 Å². The molecule has 3 aromatic carbocycles. The molecule has 2 atom stereocenters. The van der Waals surface area contributed by atoms with Crippen molar-refractivity contribution in [3.05, 3.63) is 99.3 Å². The van der Waals surface area contributed by atoms with E-state index in [1.54, 1.807) is 17.0 Å². The first kappa shape index (κ1) is 38.3. The average molecular weight is 724 g/mol. The van der Waals surface area contributed by atoms with Crippen LogP contribution in [-0.4, -0.2) is 82.3 Å². The molecule has 48 heavy (non-hydrogen) atoms. The van der Waals surface area contributed by atoms with Crippen molar-refractivity contribution in [2.45, 2.75) is 69.2 Å². The number of halogens is 2. The van der Waals surface area contributed by atoms with Gasteiger partial charge in [-0.1, -0.05) is 56.6 Å². The lowest BCUT2D eigenvalue weighted by Crippen LogP contribution is -2.44. The van der Waals surface area contributed by atoms with Crippen molar-refractivity contribution in [1.82, 2.24) is 14.5 Å². The maximum Gasteiger partial charge on any atom is 0.253 e. The standard InChI is InChI=1S/C35H47ClFN3O6S2/c1-4-13-39(14-5-2)35(42)27-8-7-9-32(19-27)48(45,46)40(15-12-26-16-29(36)20-30(37)17-26)22-31(41)21-38-34-24-47(43,44)23-28-11-10-25(6-3)18-33(28)34/h7-11,16-20,31,34,38,41,43-44H,4-6,12-15,21-24H2,1-3H3/t31-,34-/m0/s1. The minimum Gasteiger partial charge on any atom is -0.390 e. The second-order valence-corrected chi connectivity index (χ2v) is 16.9. The van der Waals surface area contributed by atoms with Crippen LogP contribution < -0.4 is 5.32 Å². The van der Waals surface area contributed by atoms with Crippen molar-refractivity contribution in [1.29, 1.82) is 0 Å². The number of sulfonamides is 1. The Morgan fingerprint density at radius 3 is 2.42 bits per heavy atom. The normalized spacial score (nSPS) is 17.1. The molecule has 0 fully saturated rings. The highest BCUT2D eigenvalue weighted by Crippen LogP contribution is 2.50. The van der Waals surface area contributed by atoms with Gasteiger partial charge in [0.05, 0.1) is 28.5 Å². The lowest BCUT2D eigenvalue weighted by molar-refractivity contribution is 0.0755. The number of hydrogen-bond acceptors (Lipinski definition) is 7. The highest BCUT2D eigenvalue weighted by atomic mass is 35.5. The number of hydrogen-bond donors (Lipinski definition) is 4. The molecule has 0 aliphatic carbocycles. The maximum absolute atomic E-state index is 14.2. The predicted molar refractivity (Wildman–Crippen MR) is 191 cm³/mol. The topological polar surface area (TPSA) is 130 Å². The Morgan fingerprint density at radius 2 is 1.75 bits per heavy atom. The molecule has 0 spiro atoms. The van der Waals surface area contributed by atoms with E-state index in [9.17, 15) is 31.8 Å². The van der Waals surface area contributed by atoms with Crippen LogP contribution in [0.15, 0.2) is 65.6 Å². The number of carbonyl (C=O) groups excluding carboxylic acids is 1. The molecule has 4 rings (SSSR count). The highest BCUT2D eigenvalue weighted by molar-refractivity contribution is 8.23. The van der Waals surface area contributed by atoms with Crippen molar-refractivity contribution >= 4 is 38.1 Å². The van der Waals surface area contributed by atoms with Gasteiger partial charge in [-0.3, -0.25) is 13.9 Å². The zero-order valence-electron chi connectivity index (χ0n) is 27.7. The summed E-state index contributed by atoms with van der Waals surface area (Å²) in [5, 5.41) is 14.7. The number of aliphatic hydroxyl groups is 1. The number of amides is 1. The number of nitrogens with zero attached hydrogens (tertiary/aromatic N) is 2. The number of fused-ring (bicyclic) bond motifs is 1. The van der Waals surface area contributed by atoms with Gasteiger partial charge in [-0.25, -0.2) is 12.8 Å². The quantitative estimate of drug-likeness (QED) is 0.133. The zero-order valence-corrected chi connectivity index (χ0v) is 30.1. The van der Waals surface area contributed by atoms with Crippen molar-refractivity contribution < 1.29 is 31.8 Å². The molecule has 1 heterocycles. The molecular formula is C35H47ClFN3O6S2. The van der Waals surface area contributed by atoms with Crippen LogP contribution in [0.3, 0.4) is 0 Å². The summed E-state index contributed by atoms with van der Waals surface area (Å²) in [7, 11) is -7.13. The Kier molecular flexibility index (Phi) is 13.5. The molecule has 0 radical (unpaired) electrons. The molecule has 0 unspecified atom stereocenters. The lowest BCUT2D eigenvalue weighted by atomic mass is 9.98. The van der Waals surface area contributed by atoms with Crippen LogP contribution in [0.1, 0.15) is 72.3 Å². The van der Waals surface area contributed by atoms with Gasteiger partial charge in [0.15, 0.2) is 0 Å². The monoisotopic (exact) mass is 723 g/mol. The third kappa shape index (κ3) is 10.0. The van der Waals surface area contributed by atoms with E-state index in [1.807, 2.05) is 39.0 Å². The van der Waals surface area contributed by atoms with E-state index >= 15 is 0 Å². The summed E-state index contributed by atoms with van der Waals surface area (Å²) < 4.78 is 64.8. The fraction of sp³-hybridized carbons (Fsp3) is 0.457. The smallest absolute Gasteiger partial charge is 0.253 e. The van der Waals surface area contributed by atoms with E-state index in [2.05, 4.69) is 5.32 Å². The van der Waals surface area contributed by atoms with Crippen LogP contribution in [0.4, 0.5) is 4.39 Å². The van der Waals surface area contributed by atoms with Crippen molar-refractivity contribution in [2.24, 2.45) is 0 Å². The third-order valence-electron chi connectivity index (χ3n) is 8.39. The number of nitrogens with one attached hydrogen (secondary N) is 1. The van der Waals surface area contributed by atoms with E-state index in [4.69, 9.17) is 11.6 Å². The summed E-state index contributed by atoms with van der Waals surface area (Å²) in [6.07, 6.45) is 1.26. The maximum atomic E-state index is 14.2. The summed E-state index contributed by atoms with van der Waals surface area (Å²) in [5.74, 6) is -0.558. The summed E-state index contributed by atoms with van der Waals surface area (Å²) >= 11 is 6.05. The van der Waals surface area contributed by atoms with E-state index in [-0.39, 0.29) is 58.9 Å². The SMILES string of the molecule is CCCN(CCC)C(=O)c1cccc(S(=O)(=O)N(CCc2cc(F)cc(Cl)c2)C[C@@H](O)CN[C@H]2CS(O)(O)Cc3ccc(CC)cc32)c1. The first-order valence-electron chi connectivity index (χ1n) is 16.4. The van der Waals surface area contributed by atoms with Crippen LogP contribution in [0, 0.1) is 5.82 Å². The summed E-state index contributed by atoms with van der Waals surface area (Å²) in [5.41, 5.74) is 3.60. The first-order valence-corrected chi connectivity index (χ1v) is 20.1. The van der Waals surface area contributed by atoms with Crippen LogP contribution in [-0.2, 0) is 28.6 Å². The van der Waals surface area contributed by atoms with E-state index < -0.39 is 38.6 Å². The molecule has 1 aliphatic heterocycles. The first-order chi connectivity index (χ1) is 22.8. The van der Waals surface area contributed by atoms with Gasteiger partial charge in [0.1, 0.15) is 5.82 Å². The van der Waals surface area contributed by atoms with Gasteiger partial charge in [0.2, 0.25) is 10.0 Å². The minimum atomic E-state index is -4.24. The zero-order chi connectivity index (χ0) is 35.1. The molecular weight excluding hydrogens is 677 g/mol. The molecule has 0 saturated carbocycles. The number of benzene rings is 3. The van der Waals surface area contributed by atoms with Crippen LogP contribution in [0.25, 0.3) is 0 Å². The summed E-state index contributed by atoms with van der Waals surface area (Å²) in [4.78, 5) is 14.9. The number of aliphatic hydroxyl groups excluding tert-OH is 1. The van der Waals surface area contributed by atoms with Crippen LogP contribution >= 0.6 is 22.2 Å². The summed E-state index contributed by atoms with van der Waals surface area (Å²) in [6.45, 7) is 6.64.